The van der Waals surface area contributed by atoms with Crippen molar-refractivity contribution in [2.75, 3.05) is 5.32 Å². The van der Waals surface area contributed by atoms with E-state index in [1.165, 1.54) is 42.7 Å². The summed E-state index contributed by atoms with van der Waals surface area (Å²) in [6.45, 7) is 0. The number of carbonyl (C=O) groups is 1. The van der Waals surface area contributed by atoms with Gasteiger partial charge in [0.05, 0.1) is 11.3 Å². The Balaban J connectivity index is 1.52. The monoisotopic (exact) mass is 356 g/mol. The molecule has 0 saturated heterocycles. The highest BCUT2D eigenvalue weighted by Crippen LogP contribution is 2.34. The maximum atomic E-state index is 12.1. The molecule has 1 amide bonds. The van der Waals surface area contributed by atoms with Gasteiger partial charge in [-0.2, -0.15) is 0 Å². The summed E-state index contributed by atoms with van der Waals surface area (Å²) in [6.07, 6.45) is 5.43. The first-order valence-electron chi connectivity index (χ1n) is 8.40. The van der Waals surface area contributed by atoms with Gasteiger partial charge in [-0.25, -0.2) is 0 Å². The third-order valence-corrected chi connectivity index (χ3v) is 5.60. The third kappa shape index (κ3) is 5.06. The van der Waals surface area contributed by atoms with Crippen LogP contribution in [-0.4, -0.2) is 16.1 Å². The molecule has 1 fully saturated rings. The highest BCUT2D eigenvalue weighted by molar-refractivity contribution is 8.00. The van der Waals surface area contributed by atoms with Crippen molar-refractivity contribution in [2.45, 2.75) is 42.2 Å². The van der Waals surface area contributed by atoms with Gasteiger partial charge in [-0.1, -0.05) is 25.0 Å². The van der Waals surface area contributed by atoms with Crippen LogP contribution in [0.15, 0.2) is 53.4 Å². The number of nitro benzene ring substituents is 1. The second-order valence-corrected chi connectivity index (χ2v) is 7.57. The van der Waals surface area contributed by atoms with Crippen LogP contribution in [0, 0.1) is 10.1 Å². The van der Waals surface area contributed by atoms with Gasteiger partial charge in [0, 0.05) is 28.0 Å². The molecule has 6 heteroatoms. The minimum atomic E-state index is -0.449. The molecule has 0 bridgehead atoms. The van der Waals surface area contributed by atoms with E-state index in [1.807, 2.05) is 36.0 Å². The quantitative estimate of drug-likeness (QED) is 0.595. The third-order valence-electron chi connectivity index (χ3n) is 4.25. The first-order valence-corrected chi connectivity index (χ1v) is 9.28. The van der Waals surface area contributed by atoms with E-state index in [-0.39, 0.29) is 18.0 Å². The minimum Gasteiger partial charge on any atom is -0.326 e. The lowest BCUT2D eigenvalue weighted by Gasteiger charge is -2.10. The fourth-order valence-electron chi connectivity index (χ4n) is 2.94. The van der Waals surface area contributed by atoms with E-state index in [0.29, 0.717) is 0 Å². The molecule has 1 saturated carbocycles. The van der Waals surface area contributed by atoms with Gasteiger partial charge in [-0.15, -0.1) is 11.8 Å². The maximum Gasteiger partial charge on any atom is 0.269 e. The van der Waals surface area contributed by atoms with Crippen LogP contribution < -0.4 is 5.32 Å². The molecule has 0 atom stereocenters. The second kappa shape index (κ2) is 8.16. The van der Waals surface area contributed by atoms with Crippen LogP contribution in [-0.2, 0) is 11.2 Å². The van der Waals surface area contributed by atoms with E-state index in [4.69, 9.17) is 0 Å². The van der Waals surface area contributed by atoms with Gasteiger partial charge in [0.2, 0.25) is 5.91 Å². The molecule has 0 aromatic heterocycles. The van der Waals surface area contributed by atoms with Crippen molar-refractivity contribution in [3.05, 3.63) is 64.2 Å². The van der Waals surface area contributed by atoms with E-state index >= 15 is 0 Å². The Kier molecular flexibility index (Phi) is 5.71. The SMILES string of the molecule is O=C(Cc1ccc([N+](=O)[O-])cc1)Nc1ccc(SC2CCCC2)cc1. The molecule has 3 rings (SSSR count). The van der Waals surface area contributed by atoms with Gasteiger partial charge in [0.15, 0.2) is 0 Å². The summed E-state index contributed by atoms with van der Waals surface area (Å²) >= 11 is 1.92. The standard InChI is InChI=1S/C19H20N2O3S/c22-19(13-14-5-9-16(10-6-14)21(23)24)20-15-7-11-18(12-8-15)25-17-3-1-2-4-17/h5-12,17H,1-4,13H2,(H,20,22). The molecule has 0 aliphatic heterocycles. The molecule has 0 radical (unpaired) electrons. The number of nitrogens with one attached hydrogen (secondary N) is 1. The fourth-order valence-corrected chi connectivity index (χ4v) is 4.19. The molecule has 2 aromatic carbocycles. The molecule has 0 spiro atoms. The average molecular weight is 356 g/mol. The molecule has 25 heavy (non-hydrogen) atoms. The van der Waals surface area contributed by atoms with Gasteiger partial charge in [-0.3, -0.25) is 14.9 Å². The lowest BCUT2D eigenvalue weighted by molar-refractivity contribution is -0.384. The maximum absolute atomic E-state index is 12.1. The number of nitro groups is 1. The number of hydrogen-bond acceptors (Lipinski definition) is 4. The van der Waals surface area contributed by atoms with Crippen molar-refractivity contribution >= 4 is 29.0 Å². The summed E-state index contributed by atoms with van der Waals surface area (Å²) in [5.41, 5.74) is 1.54. The number of hydrogen-bond donors (Lipinski definition) is 1. The minimum absolute atomic E-state index is 0.0273. The van der Waals surface area contributed by atoms with Gasteiger partial charge < -0.3 is 5.32 Å². The molecular weight excluding hydrogens is 336 g/mol. The van der Waals surface area contributed by atoms with Gasteiger partial charge in [0.1, 0.15) is 0 Å². The number of amides is 1. The lowest BCUT2D eigenvalue weighted by atomic mass is 10.1. The summed E-state index contributed by atoms with van der Waals surface area (Å²) < 4.78 is 0. The normalized spacial score (nSPS) is 14.4. The Morgan fingerprint density at radius 3 is 2.32 bits per heavy atom. The van der Waals surface area contributed by atoms with Crippen LogP contribution in [0.5, 0.6) is 0 Å². The fraction of sp³-hybridized carbons (Fsp3) is 0.316. The van der Waals surface area contributed by atoms with Crippen molar-refractivity contribution in [1.82, 2.24) is 0 Å². The summed E-state index contributed by atoms with van der Waals surface area (Å²) in [7, 11) is 0. The van der Waals surface area contributed by atoms with E-state index in [2.05, 4.69) is 5.32 Å². The molecule has 130 valence electrons. The van der Waals surface area contributed by atoms with Crippen molar-refractivity contribution in [1.29, 1.82) is 0 Å². The number of non-ortho nitro benzene ring substituents is 1. The molecule has 0 unspecified atom stereocenters. The van der Waals surface area contributed by atoms with Crippen LogP contribution in [0.25, 0.3) is 0 Å². The number of nitrogens with zero attached hydrogens (tertiary/aromatic N) is 1. The summed E-state index contributed by atoms with van der Waals surface area (Å²) in [4.78, 5) is 23.5. The first kappa shape index (κ1) is 17.5. The number of benzene rings is 2. The predicted molar refractivity (Wildman–Crippen MR) is 100.0 cm³/mol. The topological polar surface area (TPSA) is 72.2 Å². The highest BCUT2D eigenvalue weighted by Gasteiger charge is 2.16. The Labute approximate surface area is 151 Å². The highest BCUT2D eigenvalue weighted by atomic mass is 32.2. The summed E-state index contributed by atoms with van der Waals surface area (Å²) in [6, 6.07) is 14.0. The molecule has 0 heterocycles. The number of rotatable bonds is 6. The van der Waals surface area contributed by atoms with E-state index in [1.54, 1.807) is 12.1 Å². The number of anilines is 1. The summed E-state index contributed by atoms with van der Waals surface area (Å²) in [5.74, 6) is -0.134. The molecular formula is C19H20N2O3S. The molecule has 2 aromatic rings. The van der Waals surface area contributed by atoms with E-state index in [9.17, 15) is 14.9 Å². The van der Waals surface area contributed by atoms with Crippen LogP contribution in [0.4, 0.5) is 11.4 Å². The Morgan fingerprint density at radius 2 is 1.72 bits per heavy atom. The van der Waals surface area contributed by atoms with Gasteiger partial charge in [-0.05, 0) is 42.7 Å². The van der Waals surface area contributed by atoms with Crippen LogP contribution >= 0.6 is 11.8 Å². The van der Waals surface area contributed by atoms with Crippen LogP contribution in [0.3, 0.4) is 0 Å². The first-order chi connectivity index (χ1) is 12.1. The van der Waals surface area contributed by atoms with E-state index < -0.39 is 4.92 Å². The van der Waals surface area contributed by atoms with Gasteiger partial charge in [0.25, 0.3) is 5.69 Å². The van der Waals surface area contributed by atoms with E-state index in [0.717, 1.165) is 16.5 Å². The largest absolute Gasteiger partial charge is 0.326 e. The van der Waals surface area contributed by atoms with Crippen molar-refractivity contribution in [2.24, 2.45) is 0 Å². The lowest BCUT2D eigenvalue weighted by Crippen LogP contribution is -2.14. The molecule has 5 nitrogen and oxygen atoms in total. The zero-order chi connectivity index (χ0) is 17.6. The van der Waals surface area contributed by atoms with Crippen LogP contribution in [0.1, 0.15) is 31.2 Å². The Bertz CT molecular complexity index is 738. The number of thioether (sulfide) groups is 1. The zero-order valence-corrected chi connectivity index (χ0v) is 14.6. The van der Waals surface area contributed by atoms with Crippen molar-refractivity contribution < 1.29 is 9.72 Å². The summed E-state index contributed by atoms with van der Waals surface area (Å²) in [5, 5.41) is 14.2. The molecule has 1 aliphatic carbocycles. The Morgan fingerprint density at radius 1 is 1.08 bits per heavy atom. The van der Waals surface area contributed by atoms with Gasteiger partial charge >= 0.3 is 0 Å². The van der Waals surface area contributed by atoms with Crippen molar-refractivity contribution in [3.8, 4) is 0 Å². The number of carbonyl (C=O) groups excluding carboxylic acids is 1. The second-order valence-electron chi connectivity index (χ2n) is 6.20. The Hall–Kier alpha value is -2.34. The van der Waals surface area contributed by atoms with Crippen molar-refractivity contribution in [3.63, 3.8) is 0 Å². The molecule has 1 N–H and O–H groups in total. The average Bonchev–Trinajstić information content (AvgIpc) is 3.10. The zero-order valence-electron chi connectivity index (χ0n) is 13.8. The predicted octanol–water partition coefficient (Wildman–Crippen LogP) is 4.81. The smallest absolute Gasteiger partial charge is 0.269 e. The molecule has 1 aliphatic rings. The van der Waals surface area contributed by atoms with Crippen LogP contribution in [0.2, 0.25) is 0 Å².